The van der Waals surface area contributed by atoms with E-state index in [2.05, 4.69) is 18.8 Å². The van der Waals surface area contributed by atoms with Gasteiger partial charge in [-0.1, -0.05) is 13.8 Å². The van der Waals surface area contributed by atoms with Crippen LogP contribution in [0.5, 0.6) is 11.8 Å². The predicted octanol–water partition coefficient (Wildman–Crippen LogP) is 1.42. The molecule has 1 aromatic heterocycles. The van der Waals surface area contributed by atoms with Crippen LogP contribution in [0, 0.1) is 16.3 Å². The van der Waals surface area contributed by atoms with Crippen molar-refractivity contribution in [3.8, 4) is 11.8 Å². The lowest BCUT2D eigenvalue weighted by atomic mass is 10.1. The molecule has 0 amide bonds. The molecule has 0 aromatic carbocycles. The van der Waals surface area contributed by atoms with Crippen molar-refractivity contribution in [3.63, 3.8) is 0 Å². The minimum Gasteiger partial charge on any atom is -0.627 e. The minimum absolute atomic E-state index is 0.0538. The van der Waals surface area contributed by atoms with Gasteiger partial charge in [-0.2, -0.15) is 4.98 Å². The minimum atomic E-state index is -1.30. The third-order valence-electron chi connectivity index (χ3n) is 2.43. The second kappa shape index (κ2) is 7.15. The summed E-state index contributed by atoms with van der Waals surface area (Å²) in [4.78, 5) is 3.96. The number of ether oxygens (including phenoxy) is 2. The number of aromatic nitrogens is 1. The molecule has 0 atom stereocenters. The molecule has 0 spiro atoms. The Morgan fingerprint density at radius 1 is 1.33 bits per heavy atom. The van der Waals surface area contributed by atoms with Crippen LogP contribution in [0.15, 0.2) is 12.1 Å². The standard InChI is InChI=1S/C12H19N2O4/c1-9(2)5-4-8-18-12-10(14(15)16)6-7-11(13-12)17-3/h6-7,9,14H,4-5,8H2,1-3H3/q-1. The van der Waals surface area contributed by atoms with E-state index in [1.54, 1.807) is 0 Å². The fourth-order valence-electron chi connectivity index (χ4n) is 1.46. The third kappa shape index (κ3) is 4.48. The number of quaternary nitrogens is 1. The van der Waals surface area contributed by atoms with Crippen LogP contribution in [0.1, 0.15) is 26.7 Å². The van der Waals surface area contributed by atoms with Crippen LogP contribution in [0.4, 0.5) is 5.69 Å². The first-order chi connectivity index (χ1) is 8.54. The highest BCUT2D eigenvalue weighted by atomic mass is 16.8. The zero-order chi connectivity index (χ0) is 13.5. The molecular formula is C12H19N2O4-. The summed E-state index contributed by atoms with van der Waals surface area (Å²) < 4.78 is 10.3. The molecule has 0 bridgehead atoms. The molecule has 18 heavy (non-hydrogen) atoms. The Morgan fingerprint density at radius 2 is 2.06 bits per heavy atom. The van der Waals surface area contributed by atoms with Crippen LogP contribution in [0.2, 0.25) is 0 Å². The number of hydrogen-bond donors (Lipinski definition) is 1. The summed E-state index contributed by atoms with van der Waals surface area (Å²) in [6, 6.07) is 2.84. The summed E-state index contributed by atoms with van der Waals surface area (Å²) in [5.41, 5.74) is -0.0552. The average molecular weight is 255 g/mol. The summed E-state index contributed by atoms with van der Waals surface area (Å²) in [5, 5.41) is 20.5. The van der Waals surface area contributed by atoms with E-state index in [9.17, 15) is 10.4 Å². The molecule has 6 heteroatoms. The lowest BCUT2D eigenvalue weighted by Gasteiger charge is -2.25. The third-order valence-corrected chi connectivity index (χ3v) is 2.43. The van der Waals surface area contributed by atoms with Gasteiger partial charge in [-0.3, -0.25) is 0 Å². The van der Waals surface area contributed by atoms with E-state index in [-0.39, 0.29) is 11.6 Å². The van der Waals surface area contributed by atoms with Gasteiger partial charge in [-0.05, 0) is 18.8 Å². The quantitative estimate of drug-likeness (QED) is 0.588. The Balaban J connectivity index is 2.66. The maximum atomic E-state index is 10.9. The molecule has 1 N–H and O–H groups in total. The van der Waals surface area contributed by atoms with Crippen molar-refractivity contribution in [2.75, 3.05) is 13.7 Å². The highest BCUT2D eigenvalue weighted by Crippen LogP contribution is 2.22. The average Bonchev–Trinajstić information content (AvgIpc) is 2.33. The second-order valence-corrected chi connectivity index (χ2v) is 4.38. The van der Waals surface area contributed by atoms with Crippen molar-refractivity contribution in [3.05, 3.63) is 22.5 Å². The van der Waals surface area contributed by atoms with Crippen LogP contribution < -0.4 is 14.7 Å². The Kier molecular flexibility index (Phi) is 5.84. The fraction of sp³-hybridized carbons (Fsp3) is 0.583. The molecule has 1 aromatic rings. The molecule has 0 radical (unpaired) electrons. The maximum absolute atomic E-state index is 10.9. The van der Waals surface area contributed by atoms with Gasteiger partial charge < -0.3 is 25.1 Å². The first-order valence-corrected chi connectivity index (χ1v) is 5.93. The first kappa shape index (κ1) is 14.7. The molecule has 0 unspecified atom stereocenters. The Hall–Kier alpha value is -1.37. The van der Waals surface area contributed by atoms with E-state index in [1.807, 2.05) is 0 Å². The molecule has 6 nitrogen and oxygen atoms in total. The van der Waals surface area contributed by atoms with Gasteiger partial charge in [0.25, 0.3) is 5.88 Å². The van der Waals surface area contributed by atoms with Crippen LogP contribution >= 0.6 is 0 Å². The molecule has 1 rings (SSSR count). The van der Waals surface area contributed by atoms with Crippen LogP contribution in [-0.4, -0.2) is 18.7 Å². The molecule has 0 saturated heterocycles. The van der Waals surface area contributed by atoms with E-state index in [1.165, 1.54) is 19.2 Å². The summed E-state index contributed by atoms with van der Waals surface area (Å²) in [6.07, 6.45) is 1.87. The number of rotatable bonds is 7. The molecule has 0 fully saturated rings. The zero-order valence-electron chi connectivity index (χ0n) is 10.9. The number of pyridine rings is 1. The molecule has 0 aliphatic rings. The second-order valence-electron chi connectivity index (χ2n) is 4.38. The Labute approximate surface area is 107 Å². The number of methoxy groups -OCH3 is 1. The highest BCUT2D eigenvalue weighted by molar-refractivity contribution is 5.42. The summed E-state index contributed by atoms with van der Waals surface area (Å²) >= 11 is 0. The molecular weight excluding hydrogens is 236 g/mol. The fourth-order valence-corrected chi connectivity index (χ4v) is 1.46. The number of nitrogens with one attached hydrogen (secondary N) is 1. The SMILES string of the molecule is COc1ccc([NH+]([O-])[O-])c(OCCCC(C)C)n1. The monoisotopic (exact) mass is 255 g/mol. The summed E-state index contributed by atoms with van der Waals surface area (Å²) in [5.74, 6) is 0.962. The first-order valence-electron chi connectivity index (χ1n) is 5.93. The Bertz CT molecular complexity index is 369. The maximum Gasteiger partial charge on any atom is 0.280 e. The molecule has 0 aliphatic heterocycles. The van der Waals surface area contributed by atoms with E-state index < -0.39 is 5.23 Å². The normalized spacial score (nSPS) is 11.1. The van der Waals surface area contributed by atoms with Crippen molar-refractivity contribution in [2.45, 2.75) is 26.7 Å². The zero-order valence-corrected chi connectivity index (χ0v) is 10.9. The van der Waals surface area contributed by atoms with Gasteiger partial charge >= 0.3 is 0 Å². The number of hydrogen-bond acceptors (Lipinski definition) is 5. The van der Waals surface area contributed by atoms with Crippen molar-refractivity contribution < 1.29 is 14.7 Å². The van der Waals surface area contributed by atoms with Gasteiger partial charge in [-0.25, -0.2) is 0 Å². The van der Waals surface area contributed by atoms with E-state index >= 15 is 0 Å². The van der Waals surface area contributed by atoms with Crippen molar-refractivity contribution in [1.82, 2.24) is 4.98 Å². The van der Waals surface area contributed by atoms with Crippen molar-refractivity contribution in [2.24, 2.45) is 5.92 Å². The van der Waals surface area contributed by atoms with Gasteiger partial charge in [-0.15, -0.1) is 0 Å². The summed E-state index contributed by atoms with van der Waals surface area (Å²) in [7, 11) is 1.46. The van der Waals surface area contributed by atoms with Crippen LogP contribution in [0.3, 0.4) is 0 Å². The van der Waals surface area contributed by atoms with Crippen LogP contribution in [0.25, 0.3) is 0 Å². The summed E-state index contributed by atoms with van der Waals surface area (Å²) in [6.45, 7) is 4.67. The smallest absolute Gasteiger partial charge is 0.280 e. The van der Waals surface area contributed by atoms with Gasteiger partial charge in [0.1, 0.15) is 0 Å². The van der Waals surface area contributed by atoms with Gasteiger partial charge in [0.2, 0.25) is 5.88 Å². The topological polar surface area (TPSA) is 81.9 Å². The lowest BCUT2D eigenvalue weighted by molar-refractivity contribution is -0.715. The molecule has 102 valence electrons. The van der Waals surface area contributed by atoms with Crippen LogP contribution in [-0.2, 0) is 0 Å². The van der Waals surface area contributed by atoms with Crippen molar-refractivity contribution >= 4 is 5.69 Å². The molecule has 0 saturated carbocycles. The van der Waals surface area contributed by atoms with E-state index in [0.29, 0.717) is 18.4 Å². The van der Waals surface area contributed by atoms with E-state index in [4.69, 9.17) is 9.47 Å². The lowest BCUT2D eigenvalue weighted by Crippen LogP contribution is -2.96. The van der Waals surface area contributed by atoms with Gasteiger partial charge in [0, 0.05) is 12.1 Å². The molecule has 0 aliphatic carbocycles. The van der Waals surface area contributed by atoms with Gasteiger partial charge in [0.05, 0.1) is 13.7 Å². The highest BCUT2D eigenvalue weighted by Gasteiger charge is 2.10. The van der Waals surface area contributed by atoms with Crippen molar-refractivity contribution in [1.29, 1.82) is 0 Å². The van der Waals surface area contributed by atoms with E-state index in [0.717, 1.165) is 12.8 Å². The predicted molar refractivity (Wildman–Crippen MR) is 67.7 cm³/mol. The largest absolute Gasteiger partial charge is 0.627 e. The Morgan fingerprint density at radius 3 is 2.61 bits per heavy atom. The van der Waals surface area contributed by atoms with Gasteiger partial charge in [0.15, 0.2) is 5.69 Å². The number of nitrogens with zero attached hydrogens (tertiary/aromatic N) is 1. The molecule has 1 heterocycles.